The lowest BCUT2D eigenvalue weighted by Crippen LogP contribution is -2.37. The van der Waals surface area contributed by atoms with Gasteiger partial charge in [-0.25, -0.2) is 0 Å². The van der Waals surface area contributed by atoms with E-state index in [1.54, 1.807) is 48.5 Å². The third kappa shape index (κ3) is 3.88. The predicted octanol–water partition coefficient (Wildman–Crippen LogP) is 4.28. The molecule has 3 amide bonds. The zero-order valence-electron chi connectivity index (χ0n) is 16.3. The molecule has 0 fully saturated rings. The maximum absolute atomic E-state index is 12.6. The van der Waals surface area contributed by atoms with Gasteiger partial charge in [-0.3, -0.25) is 29.4 Å². The molecule has 3 aromatic rings. The lowest BCUT2D eigenvalue weighted by molar-refractivity contribution is -0.385. The van der Waals surface area contributed by atoms with E-state index < -0.39 is 34.9 Å². The van der Waals surface area contributed by atoms with E-state index in [-0.39, 0.29) is 11.1 Å². The number of hydrogen-bond donors (Lipinski definition) is 1. The van der Waals surface area contributed by atoms with Crippen molar-refractivity contribution in [3.05, 3.63) is 93.0 Å². The first-order valence-corrected chi connectivity index (χ1v) is 9.69. The van der Waals surface area contributed by atoms with Crippen molar-refractivity contribution in [2.45, 2.75) is 0 Å². The van der Waals surface area contributed by atoms with Gasteiger partial charge in [-0.2, -0.15) is 0 Å². The molecule has 0 unspecified atom stereocenters. The van der Waals surface area contributed by atoms with Gasteiger partial charge in [-0.15, -0.1) is 0 Å². The van der Waals surface area contributed by atoms with E-state index in [0.29, 0.717) is 27.1 Å². The molecule has 0 radical (unpaired) electrons. The Kier molecular flexibility index (Phi) is 5.57. The first-order valence-electron chi connectivity index (χ1n) is 9.31. The van der Waals surface area contributed by atoms with Crippen molar-refractivity contribution in [2.75, 3.05) is 11.9 Å². The fraction of sp³-hybridized carbons (Fsp3) is 0.0455. The van der Waals surface area contributed by atoms with Gasteiger partial charge in [-0.05, 0) is 30.3 Å². The molecule has 0 saturated carbocycles. The summed E-state index contributed by atoms with van der Waals surface area (Å²) in [7, 11) is 0. The number of para-hydroxylation sites is 3. The van der Waals surface area contributed by atoms with Gasteiger partial charge >= 0.3 is 0 Å². The van der Waals surface area contributed by atoms with Gasteiger partial charge in [0.2, 0.25) is 5.91 Å². The van der Waals surface area contributed by atoms with E-state index in [9.17, 15) is 24.5 Å². The number of carbonyl (C=O) groups excluding carboxylic acids is 3. The van der Waals surface area contributed by atoms with Crippen LogP contribution in [0.15, 0.2) is 66.7 Å². The number of nitrogens with one attached hydrogen (secondary N) is 1. The standard InChI is InChI=1S/C22H14ClN3O6/c23-14-7-1-3-10-17(14)32-18-11-4-2-8-15(18)24-19(27)12-25-21(28)13-6-5-9-16(26(30)31)20(13)22(25)29/h1-11H,12H2,(H,24,27). The van der Waals surface area contributed by atoms with Crippen molar-refractivity contribution < 1.29 is 24.0 Å². The molecule has 1 heterocycles. The van der Waals surface area contributed by atoms with Crippen molar-refractivity contribution in [1.29, 1.82) is 0 Å². The number of rotatable bonds is 6. The Morgan fingerprint density at radius 3 is 2.38 bits per heavy atom. The molecule has 0 spiro atoms. The van der Waals surface area contributed by atoms with Crippen molar-refractivity contribution in [1.82, 2.24) is 4.90 Å². The van der Waals surface area contributed by atoms with Gasteiger partial charge in [0, 0.05) is 6.07 Å². The summed E-state index contributed by atoms with van der Waals surface area (Å²) in [4.78, 5) is 49.0. The van der Waals surface area contributed by atoms with E-state index in [1.165, 1.54) is 12.1 Å². The number of ether oxygens (including phenoxy) is 1. The molecule has 1 N–H and O–H groups in total. The molecule has 0 atom stereocenters. The van der Waals surface area contributed by atoms with E-state index >= 15 is 0 Å². The van der Waals surface area contributed by atoms with Crippen molar-refractivity contribution in [2.24, 2.45) is 0 Å². The smallest absolute Gasteiger partial charge is 0.282 e. The lowest BCUT2D eigenvalue weighted by Gasteiger charge is -2.16. The minimum Gasteiger partial charge on any atom is -0.454 e. The Labute approximate surface area is 186 Å². The Morgan fingerprint density at radius 2 is 1.66 bits per heavy atom. The molecular formula is C22H14ClN3O6. The minimum absolute atomic E-state index is 0.112. The van der Waals surface area contributed by atoms with Crippen LogP contribution in [0.1, 0.15) is 20.7 Å². The van der Waals surface area contributed by atoms with Crippen LogP contribution in [0.25, 0.3) is 0 Å². The molecule has 0 saturated heterocycles. The van der Waals surface area contributed by atoms with Crippen LogP contribution in [0.4, 0.5) is 11.4 Å². The quantitative estimate of drug-likeness (QED) is 0.339. The average Bonchev–Trinajstić information content (AvgIpc) is 3.01. The molecule has 0 aliphatic carbocycles. The van der Waals surface area contributed by atoms with Gasteiger partial charge in [0.1, 0.15) is 17.9 Å². The number of hydrogen-bond acceptors (Lipinski definition) is 6. The van der Waals surface area contributed by atoms with Crippen LogP contribution in [-0.2, 0) is 4.79 Å². The van der Waals surface area contributed by atoms with Crippen molar-refractivity contribution >= 4 is 40.7 Å². The van der Waals surface area contributed by atoms with Gasteiger partial charge in [-0.1, -0.05) is 41.9 Å². The molecule has 32 heavy (non-hydrogen) atoms. The summed E-state index contributed by atoms with van der Waals surface area (Å²) >= 11 is 6.11. The number of imide groups is 1. The maximum atomic E-state index is 12.6. The fourth-order valence-electron chi connectivity index (χ4n) is 3.25. The highest BCUT2D eigenvalue weighted by Gasteiger charge is 2.41. The molecule has 0 bridgehead atoms. The fourth-order valence-corrected chi connectivity index (χ4v) is 3.42. The Morgan fingerprint density at radius 1 is 0.969 bits per heavy atom. The van der Waals surface area contributed by atoms with Crippen LogP contribution < -0.4 is 10.1 Å². The van der Waals surface area contributed by atoms with Crippen LogP contribution in [0.3, 0.4) is 0 Å². The SMILES string of the molecule is O=C(CN1C(=O)c2cccc([N+](=O)[O-])c2C1=O)Nc1ccccc1Oc1ccccc1Cl. The predicted molar refractivity (Wildman–Crippen MR) is 115 cm³/mol. The van der Waals surface area contributed by atoms with Crippen LogP contribution in [0, 0.1) is 10.1 Å². The third-order valence-corrected chi connectivity index (χ3v) is 5.01. The largest absolute Gasteiger partial charge is 0.454 e. The topological polar surface area (TPSA) is 119 Å². The molecule has 9 nitrogen and oxygen atoms in total. The molecule has 1 aliphatic heterocycles. The van der Waals surface area contributed by atoms with Crippen LogP contribution in [0.2, 0.25) is 5.02 Å². The molecular weight excluding hydrogens is 438 g/mol. The van der Waals surface area contributed by atoms with Crippen LogP contribution >= 0.6 is 11.6 Å². The van der Waals surface area contributed by atoms with Crippen LogP contribution in [0.5, 0.6) is 11.5 Å². The summed E-state index contributed by atoms with van der Waals surface area (Å²) in [6.07, 6.45) is 0. The Balaban J connectivity index is 1.52. The zero-order valence-corrected chi connectivity index (χ0v) is 17.0. The van der Waals surface area contributed by atoms with E-state index in [1.807, 2.05) is 0 Å². The molecule has 0 aromatic heterocycles. The molecule has 3 aromatic carbocycles. The molecule has 10 heteroatoms. The summed E-state index contributed by atoms with van der Waals surface area (Å²) in [5.74, 6) is -1.68. The number of nitrogens with zero attached hydrogens (tertiary/aromatic N) is 2. The normalized spacial score (nSPS) is 12.5. The highest BCUT2D eigenvalue weighted by atomic mass is 35.5. The van der Waals surface area contributed by atoms with Crippen molar-refractivity contribution in [3.8, 4) is 11.5 Å². The Hall–Kier alpha value is -4.24. The highest BCUT2D eigenvalue weighted by molar-refractivity contribution is 6.32. The second-order valence-corrected chi connectivity index (χ2v) is 7.14. The zero-order chi connectivity index (χ0) is 22.8. The highest BCUT2D eigenvalue weighted by Crippen LogP contribution is 2.34. The van der Waals surface area contributed by atoms with Crippen molar-refractivity contribution in [3.63, 3.8) is 0 Å². The second-order valence-electron chi connectivity index (χ2n) is 6.73. The first kappa shape index (κ1) is 21.0. The summed E-state index contributed by atoms with van der Waals surface area (Å²) in [5, 5.41) is 14.2. The number of halogens is 1. The van der Waals surface area contributed by atoms with Gasteiger partial charge in [0.25, 0.3) is 17.5 Å². The van der Waals surface area contributed by atoms with Gasteiger partial charge in [0.05, 0.1) is 21.2 Å². The number of nitro benzene ring substituents is 1. The van der Waals surface area contributed by atoms with Gasteiger partial charge in [0.15, 0.2) is 5.75 Å². The summed E-state index contributed by atoms with van der Waals surface area (Å²) in [6.45, 7) is -0.621. The van der Waals surface area contributed by atoms with Gasteiger partial charge < -0.3 is 10.1 Å². The van der Waals surface area contributed by atoms with E-state index in [0.717, 1.165) is 6.07 Å². The van der Waals surface area contributed by atoms with E-state index in [2.05, 4.69) is 5.32 Å². The number of carbonyl (C=O) groups is 3. The number of amides is 3. The molecule has 160 valence electrons. The van der Waals surface area contributed by atoms with Crippen LogP contribution in [-0.4, -0.2) is 34.1 Å². The summed E-state index contributed by atoms with van der Waals surface area (Å²) in [5.41, 5.74) is -0.626. The van der Waals surface area contributed by atoms with E-state index in [4.69, 9.17) is 16.3 Å². The third-order valence-electron chi connectivity index (χ3n) is 4.69. The summed E-state index contributed by atoms with van der Waals surface area (Å²) in [6, 6.07) is 17.1. The number of benzene rings is 3. The second kappa shape index (κ2) is 8.48. The maximum Gasteiger partial charge on any atom is 0.282 e. The number of anilines is 1. The average molecular weight is 452 g/mol. The molecule has 1 aliphatic rings. The summed E-state index contributed by atoms with van der Waals surface area (Å²) < 4.78 is 5.78. The number of nitro groups is 1. The Bertz CT molecular complexity index is 1280. The first-order chi connectivity index (χ1) is 15.4. The number of fused-ring (bicyclic) bond motifs is 1. The lowest BCUT2D eigenvalue weighted by atomic mass is 10.1. The molecule has 4 rings (SSSR count). The minimum atomic E-state index is -0.895. The monoisotopic (exact) mass is 451 g/mol.